The molecule has 1 aromatic rings. The largest absolute Gasteiger partial charge is 0.368 e. The Labute approximate surface area is 110 Å². The van der Waals surface area contributed by atoms with Gasteiger partial charge in [0.15, 0.2) is 0 Å². The van der Waals surface area contributed by atoms with E-state index in [-0.39, 0.29) is 0 Å². The number of aromatic nitrogens is 1. The fraction of sp³-hybridized carbons (Fsp3) is 0.583. The lowest BCUT2D eigenvalue weighted by Gasteiger charge is -2.41. The lowest BCUT2D eigenvalue weighted by Crippen LogP contribution is -2.36. The van der Waals surface area contributed by atoms with E-state index in [1.54, 1.807) is 6.20 Å². The van der Waals surface area contributed by atoms with E-state index >= 15 is 0 Å². The number of nitrogens with zero attached hydrogens (tertiary/aromatic N) is 1. The summed E-state index contributed by atoms with van der Waals surface area (Å²) in [6.07, 6.45) is 7.01. The van der Waals surface area contributed by atoms with Gasteiger partial charge in [0.2, 0.25) is 0 Å². The van der Waals surface area contributed by atoms with E-state index in [0.717, 1.165) is 16.8 Å². The Bertz CT molecular complexity index is 372. The highest BCUT2D eigenvalue weighted by molar-refractivity contribution is 9.10. The minimum atomic E-state index is 0.484. The summed E-state index contributed by atoms with van der Waals surface area (Å²) in [7, 11) is 0. The quantitative estimate of drug-likeness (QED) is 0.886. The number of hydrogen-bond donors (Lipinski definition) is 1. The van der Waals surface area contributed by atoms with Gasteiger partial charge in [-0.1, -0.05) is 24.9 Å². The maximum Gasteiger partial charge on any atom is 0.144 e. The van der Waals surface area contributed by atoms with Crippen LogP contribution in [0.5, 0.6) is 0 Å². The van der Waals surface area contributed by atoms with E-state index in [9.17, 15) is 0 Å². The van der Waals surface area contributed by atoms with Gasteiger partial charge in [-0.3, -0.25) is 0 Å². The number of halogens is 2. The van der Waals surface area contributed by atoms with Gasteiger partial charge in [-0.25, -0.2) is 4.98 Å². The van der Waals surface area contributed by atoms with Crippen molar-refractivity contribution in [2.24, 2.45) is 5.41 Å². The molecule has 88 valence electrons. The molecule has 0 radical (unpaired) electrons. The number of hydrogen-bond acceptors (Lipinski definition) is 2. The molecule has 2 nitrogen and oxygen atoms in total. The van der Waals surface area contributed by atoms with E-state index in [2.05, 4.69) is 33.2 Å². The molecule has 0 amide bonds. The average molecular weight is 304 g/mol. The molecule has 1 aliphatic rings. The summed E-state index contributed by atoms with van der Waals surface area (Å²) in [5, 5.41) is 4.05. The third kappa shape index (κ3) is 2.51. The second-order valence-electron chi connectivity index (χ2n) is 4.54. The van der Waals surface area contributed by atoms with Crippen molar-refractivity contribution in [3.63, 3.8) is 0 Å². The Kier molecular flexibility index (Phi) is 3.75. The Morgan fingerprint density at radius 1 is 1.56 bits per heavy atom. The van der Waals surface area contributed by atoms with Crippen molar-refractivity contribution in [3.05, 3.63) is 21.8 Å². The maximum absolute atomic E-state index is 6.11. The van der Waals surface area contributed by atoms with Crippen molar-refractivity contribution in [2.45, 2.75) is 32.6 Å². The predicted molar refractivity (Wildman–Crippen MR) is 72.0 cm³/mol. The molecule has 1 heterocycles. The molecule has 0 atom stereocenters. The van der Waals surface area contributed by atoms with Crippen LogP contribution in [0.4, 0.5) is 5.82 Å². The van der Waals surface area contributed by atoms with Gasteiger partial charge < -0.3 is 5.32 Å². The van der Waals surface area contributed by atoms with Crippen molar-refractivity contribution >= 4 is 33.3 Å². The van der Waals surface area contributed by atoms with Gasteiger partial charge in [-0.2, -0.15) is 0 Å². The minimum Gasteiger partial charge on any atom is -0.368 e. The number of pyridine rings is 1. The van der Waals surface area contributed by atoms with E-state index in [4.69, 9.17) is 11.6 Å². The molecule has 1 aromatic heterocycles. The summed E-state index contributed by atoms with van der Waals surface area (Å²) in [6.45, 7) is 3.25. The van der Waals surface area contributed by atoms with Crippen molar-refractivity contribution < 1.29 is 0 Å². The fourth-order valence-corrected chi connectivity index (χ4v) is 2.84. The minimum absolute atomic E-state index is 0.484. The van der Waals surface area contributed by atoms with E-state index in [1.807, 2.05) is 6.07 Å². The molecule has 16 heavy (non-hydrogen) atoms. The van der Waals surface area contributed by atoms with Gasteiger partial charge in [0.1, 0.15) is 5.82 Å². The Morgan fingerprint density at radius 2 is 2.31 bits per heavy atom. The van der Waals surface area contributed by atoms with Crippen LogP contribution in [0.1, 0.15) is 32.6 Å². The van der Waals surface area contributed by atoms with Crippen LogP contribution >= 0.6 is 27.5 Å². The lowest BCUT2D eigenvalue weighted by molar-refractivity contribution is 0.145. The molecule has 1 aliphatic carbocycles. The monoisotopic (exact) mass is 302 g/mol. The van der Waals surface area contributed by atoms with Gasteiger partial charge in [-0.05, 0) is 46.7 Å². The molecular formula is C12H16BrClN2. The second kappa shape index (κ2) is 4.92. The van der Waals surface area contributed by atoms with Crippen LogP contribution in [0.3, 0.4) is 0 Å². The standard InChI is InChI=1S/C12H16BrClN2/c1-2-12(4-3-5-12)8-16-11-10(14)6-9(13)7-15-11/h6-7H,2-5,8H2,1H3,(H,15,16). The third-order valence-corrected chi connectivity index (χ3v) is 4.32. The average Bonchev–Trinajstić information content (AvgIpc) is 2.19. The molecular weight excluding hydrogens is 288 g/mol. The van der Waals surface area contributed by atoms with Gasteiger partial charge in [0, 0.05) is 17.2 Å². The van der Waals surface area contributed by atoms with Gasteiger partial charge in [0.25, 0.3) is 0 Å². The first-order valence-corrected chi connectivity index (χ1v) is 6.87. The molecule has 0 saturated heterocycles. The van der Waals surface area contributed by atoms with Crippen molar-refractivity contribution in [1.82, 2.24) is 4.98 Å². The number of nitrogens with one attached hydrogen (secondary N) is 1. The molecule has 0 unspecified atom stereocenters. The summed E-state index contributed by atoms with van der Waals surface area (Å²) in [6, 6.07) is 1.87. The summed E-state index contributed by atoms with van der Waals surface area (Å²) < 4.78 is 0.914. The smallest absolute Gasteiger partial charge is 0.144 e. The zero-order valence-corrected chi connectivity index (χ0v) is 11.7. The van der Waals surface area contributed by atoms with E-state index < -0.39 is 0 Å². The molecule has 1 saturated carbocycles. The van der Waals surface area contributed by atoms with Crippen LogP contribution in [-0.4, -0.2) is 11.5 Å². The molecule has 0 aliphatic heterocycles. The molecule has 4 heteroatoms. The number of rotatable bonds is 4. The van der Waals surface area contributed by atoms with Crippen LogP contribution in [0, 0.1) is 5.41 Å². The van der Waals surface area contributed by atoms with Crippen LogP contribution < -0.4 is 5.32 Å². The fourth-order valence-electron chi connectivity index (χ4n) is 2.15. The highest BCUT2D eigenvalue weighted by atomic mass is 79.9. The topological polar surface area (TPSA) is 24.9 Å². The van der Waals surface area contributed by atoms with Crippen LogP contribution in [0.15, 0.2) is 16.7 Å². The SMILES string of the molecule is CCC1(CNc2ncc(Br)cc2Cl)CCC1. The van der Waals surface area contributed by atoms with Gasteiger partial charge in [-0.15, -0.1) is 0 Å². The Balaban J connectivity index is 1.99. The molecule has 0 bridgehead atoms. The summed E-state index contributed by atoms with van der Waals surface area (Å²) in [5.41, 5.74) is 0.484. The molecule has 2 rings (SSSR count). The van der Waals surface area contributed by atoms with Crippen molar-refractivity contribution in [3.8, 4) is 0 Å². The maximum atomic E-state index is 6.11. The van der Waals surface area contributed by atoms with Gasteiger partial charge >= 0.3 is 0 Å². The normalized spacial score (nSPS) is 17.9. The Morgan fingerprint density at radius 3 is 2.81 bits per heavy atom. The second-order valence-corrected chi connectivity index (χ2v) is 5.87. The number of anilines is 1. The summed E-state index contributed by atoms with van der Waals surface area (Å²) >= 11 is 9.46. The summed E-state index contributed by atoms with van der Waals surface area (Å²) in [5.74, 6) is 0.796. The van der Waals surface area contributed by atoms with E-state index in [0.29, 0.717) is 10.4 Å². The third-order valence-electron chi connectivity index (χ3n) is 3.60. The molecule has 0 spiro atoms. The zero-order valence-electron chi connectivity index (χ0n) is 9.39. The van der Waals surface area contributed by atoms with Crippen molar-refractivity contribution in [1.29, 1.82) is 0 Å². The van der Waals surface area contributed by atoms with Crippen molar-refractivity contribution in [2.75, 3.05) is 11.9 Å². The Hall–Kier alpha value is -0.280. The first kappa shape index (κ1) is 12.2. The van der Waals surface area contributed by atoms with Crippen LogP contribution in [0.25, 0.3) is 0 Å². The summed E-state index contributed by atoms with van der Waals surface area (Å²) in [4.78, 5) is 4.28. The first-order valence-electron chi connectivity index (χ1n) is 5.70. The highest BCUT2D eigenvalue weighted by Crippen LogP contribution is 2.43. The lowest BCUT2D eigenvalue weighted by atomic mass is 9.67. The van der Waals surface area contributed by atoms with E-state index in [1.165, 1.54) is 25.7 Å². The van der Waals surface area contributed by atoms with Crippen LogP contribution in [-0.2, 0) is 0 Å². The molecule has 0 aromatic carbocycles. The molecule has 1 N–H and O–H groups in total. The highest BCUT2D eigenvalue weighted by Gasteiger charge is 2.34. The predicted octanol–water partition coefficient (Wildman–Crippen LogP) is 4.49. The molecule has 1 fully saturated rings. The van der Waals surface area contributed by atoms with Gasteiger partial charge in [0.05, 0.1) is 5.02 Å². The zero-order chi connectivity index (χ0) is 11.6. The first-order chi connectivity index (χ1) is 7.65. The van der Waals surface area contributed by atoms with Crippen LogP contribution in [0.2, 0.25) is 5.02 Å².